The second-order valence-electron chi connectivity index (χ2n) is 1.11. The molecule has 0 radical (unpaired) electrons. The summed E-state index contributed by atoms with van der Waals surface area (Å²) in [6, 6.07) is 0. The maximum absolute atomic E-state index is 5.27. The fourth-order valence-electron chi connectivity index (χ4n) is 0.157. The van der Waals surface area contributed by atoms with Crippen LogP contribution in [0.15, 0.2) is 0 Å². The minimum atomic E-state index is 0. The fourth-order valence-corrected chi connectivity index (χ4v) is 0.335. The molecule has 1 heterocycles. The molecule has 34 valence electrons. The Morgan fingerprint density at radius 1 is 1.83 bits per heavy atom. The molecule has 0 aromatic heterocycles. The minimum absolute atomic E-state index is 0. The third kappa shape index (κ3) is 2.64. The fraction of sp³-hybridized carbons (Fsp3) is 1.00. The molecule has 0 spiro atoms. The molecule has 1 rings (SSSR count). The van der Waals surface area contributed by atoms with Crippen LogP contribution in [0.4, 0.5) is 0 Å². The summed E-state index contributed by atoms with van der Waals surface area (Å²) in [7, 11) is 0. The van der Waals surface area contributed by atoms with Crippen LogP contribution < -0.4 is 0 Å². The van der Waals surface area contributed by atoms with E-state index in [2.05, 4.69) is 0 Å². The van der Waals surface area contributed by atoms with E-state index in [0.29, 0.717) is 12.0 Å². The normalized spacial score (nSPS) is 28.5. The van der Waals surface area contributed by atoms with E-state index in [4.69, 9.17) is 16.3 Å². The quantitative estimate of drug-likeness (QED) is 0.273. The first kappa shape index (κ1) is 7.51. The monoisotopic (exact) mass is 134 g/mol. The van der Waals surface area contributed by atoms with Crippen LogP contribution in [0.2, 0.25) is 0 Å². The van der Waals surface area contributed by atoms with E-state index in [0.717, 1.165) is 6.61 Å². The molecule has 6 heavy (non-hydrogen) atoms. The summed E-state index contributed by atoms with van der Waals surface area (Å²) in [4.78, 5) is 0. The third-order valence-corrected chi connectivity index (χ3v) is 0.919. The predicted octanol–water partition coefficient (Wildman–Crippen LogP) is -0.292. The molecule has 3 heteroatoms. The SMILES string of the molecule is ClCC1CO1.[CaH2]. The molecule has 1 aliphatic heterocycles. The van der Waals surface area contributed by atoms with E-state index in [1.165, 1.54) is 0 Å². The second-order valence-corrected chi connectivity index (χ2v) is 1.42. The van der Waals surface area contributed by atoms with Crippen molar-refractivity contribution in [2.75, 3.05) is 12.5 Å². The van der Waals surface area contributed by atoms with E-state index in [1.807, 2.05) is 0 Å². The van der Waals surface area contributed by atoms with Crippen LogP contribution in [0.25, 0.3) is 0 Å². The molecular formula is C3H7CaClO. The Kier molecular flexibility index (Phi) is 4.39. The van der Waals surface area contributed by atoms with Crippen LogP contribution in [0, 0.1) is 0 Å². The molecule has 0 N–H and O–H groups in total. The van der Waals surface area contributed by atoms with E-state index in [9.17, 15) is 0 Å². The molecule has 1 nitrogen and oxygen atoms in total. The number of rotatable bonds is 1. The number of epoxide rings is 1. The Labute approximate surface area is 72.0 Å². The van der Waals surface area contributed by atoms with Crippen molar-refractivity contribution in [3.8, 4) is 0 Å². The molecule has 0 amide bonds. The molecule has 1 aliphatic rings. The zero-order chi connectivity index (χ0) is 3.70. The van der Waals surface area contributed by atoms with Crippen LogP contribution in [-0.2, 0) is 4.74 Å². The van der Waals surface area contributed by atoms with Crippen LogP contribution in [0.1, 0.15) is 0 Å². The molecule has 0 bridgehead atoms. The molecule has 0 aromatic rings. The van der Waals surface area contributed by atoms with Crippen molar-refractivity contribution in [1.82, 2.24) is 0 Å². The van der Waals surface area contributed by atoms with Gasteiger partial charge in [-0.3, -0.25) is 0 Å². The van der Waals surface area contributed by atoms with Gasteiger partial charge < -0.3 is 4.74 Å². The summed E-state index contributed by atoms with van der Waals surface area (Å²) in [5, 5.41) is 0. The van der Waals surface area contributed by atoms with Crippen LogP contribution >= 0.6 is 11.6 Å². The van der Waals surface area contributed by atoms with E-state index < -0.39 is 0 Å². The third-order valence-electron chi connectivity index (χ3n) is 0.574. The Bertz CT molecular complexity index is 37.8. The van der Waals surface area contributed by atoms with Gasteiger partial charge in [0.15, 0.2) is 0 Å². The van der Waals surface area contributed by atoms with Gasteiger partial charge in [-0.2, -0.15) is 0 Å². The Morgan fingerprint density at radius 3 is 2.33 bits per heavy atom. The van der Waals surface area contributed by atoms with Gasteiger partial charge in [-0.25, -0.2) is 0 Å². The topological polar surface area (TPSA) is 12.5 Å². The molecular weight excluding hydrogens is 128 g/mol. The molecule has 1 saturated heterocycles. The molecule has 0 aromatic carbocycles. The van der Waals surface area contributed by atoms with Gasteiger partial charge in [0, 0.05) is 0 Å². The number of ether oxygens (including phenoxy) is 1. The Hall–Kier alpha value is 1.51. The van der Waals surface area contributed by atoms with Crippen molar-refractivity contribution in [1.29, 1.82) is 0 Å². The van der Waals surface area contributed by atoms with E-state index in [-0.39, 0.29) is 37.7 Å². The van der Waals surface area contributed by atoms with Crippen LogP contribution in [0.5, 0.6) is 0 Å². The van der Waals surface area contributed by atoms with Gasteiger partial charge in [-0.05, 0) is 0 Å². The number of alkyl halides is 1. The molecule has 1 atom stereocenters. The van der Waals surface area contributed by atoms with Crippen LogP contribution in [-0.4, -0.2) is 56.3 Å². The van der Waals surface area contributed by atoms with Gasteiger partial charge in [-0.1, -0.05) is 0 Å². The number of halogens is 1. The number of hydrogen-bond donors (Lipinski definition) is 0. The van der Waals surface area contributed by atoms with E-state index in [1.54, 1.807) is 0 Å². The van der Waals surface area contributed by atoms with Crippen molar-refractivity contribution in [2.24, 2.45) is 0 Å². The van der Waals surface area contributed by atoms with Gasteiger partial charge in [0.25, 0.3) is 0 Å². The summed E-state index contributed by atoms with van der Waals surface area (Å²) in [6.45, 7) is 0.878. The van der Waals surface area contributed by atoms with Crippen molar-refractivity contribution in [2.45, 2.75) is 6.10 Å². The van der Waals surface area contributed by atoms with Gasteiger partial charge >= 0.3 is 37.7 Å². The average molecular weight is 135 g/mol. The average Bonchev–Trinajstić information content (AvgIpc) is 2.12. The zero-order valence-electron chi connectivity index (χ0n) is 2.78. The summed E-state index contributed by atoms with van der Waals surface area (Å²) >= 11 is 5.27. The summed E-state index contributed by atoms with van der Waals surface area (Å²) in [5.41, 5.74) is 0. The van der Waals surface area contributed by atoms with Crippen LogP contribution in [0.3, 0.4) is 0 Å². The van der Waals surface area contributed by atoms with Gasteiger partial charge in [0.05, 0.1) is 18.6 Å². The maximum atomic E-state index is 5.27. The van der Waals surface area contributed by atoms with Gasteiger partial charge in [0.1, 0.15) is 0 Å². The first-order chi connectivity index (χ1) is 2.43. The molecule has 1 fully saturated rings. The first-order valence-corrected chi connectivity index (χ1v) is 2.14. The molecule has 0 aliphatic carbocycles. The summed E-state index contributed by atoms with van der Waals surface area (Å²) in [6.07, 6.45) is 0.400. The molecule has 1 unspecified atom stereocenters. The van der Waals surface area contributed by atoms with E-state index >= 15 is 0 Å². The van der Waals surface area contributed by atoms with Gasteiger partial charge in [-0.15, -0.1) is 11.6 Å². The van der Waals surface area contributed by atoms with Crippen molar-refractivity contribution in [3.05, 3.63) is 0 Å². The molecule has 0 saturated carbocycles. The van der Waals surface area contributed by atoms with Crippen molar-refractivity contribution < 1.29 is 4.74 Å². The Balaban J connectivity index is 0.000000250. The van der Waals surface area contributed by atoms with Crippen molar-refractivity contribution in [3.63, 3.8) is 0 Å². The summed E-state index contributed by atoms with van der Waals surface area (Å²) in [5.74, 6) is 0.667. The number of hydrogen-bond acceptors (Lipinski definition) is 1. The zero-order valence-corrected chi connectivity index (χ0v) is 3.53. The Morgan fingerprint density at radius 2 is 2.33 bits per heavy atom. The standard InChI is InChI=1S/C3H5ClO.Ca.2H/c4-1-3-2-5-3;;;/h3H,1-2H2;;;. The second kappa shape index (κ2) is 3.50. The predicted molar refractivity (Wildman–Crippen MR) is 29.0 cm³/mol. The van der Waals surface area contributed by atoms with Crippen molar-refractivity contribution >= 4 is 49.3 Å². The summed E-state index contributed by atoms with van der Waals surface area (Å²) < 4.78 is 4.73. The van der Waals surface area contributed by atoms with Gasteiger partial charge in [0.2, 0.25) is 0 Å². The first-order valence-electron chi connectivity index (χ1n) is 1.61.